The van der Waals surface area contributed by atoms with Crippen LogP contribution < -0.4 is 4.72 Å². The summed E-state index contributed by atoms with van der Waals surface area (Å²) in [6, 6.07) is 22.9. The number of hydrogen-bond donors (Lipinski definition) is 2. The van der Waals surface area contributed by atoms with Gasteiger partial charge in [0, 0.05) is 33.3 Å². The number of nitro benzene ring substituents is 1. The van der Waals surface area contributed by atoms with Crippen molar-refractivity contribution in [1.29, 1.82) is 0 Å². The number of rotatable bonds is 6. The first-order valence-corrected chi connectivity index (χ1v) is 12.7. The number of phenols is 1. The van der Waals surface area contributed by atoms with Crippen LogP contribution in [0.1, 0.15) is 0 Å². The summed E-state index contributed by atoms with van der Waals surface area (Å²) in [5.41, 5.74) is 0.404. The van der Waals surface area contributed by atoms with Gasteiger partial charge < -0.3 is 5.11 Å². The number of sulfonamides is 1. The van der Waals surface area contributed by atoms with Crippen molar-refractivity contribution in [2.24, 2.45) is 0 Å². The zero-order valence-electron chi connectivity index (χ0n) is 18.0. The van der Waals surface area contributed by atoms with Crippen LogP contribution in [0.4, 0.5) is 11.4 Å². The van der Waals surface area contributed by atoms with Crippen LogP contribution in [-0.2, 0) is 10.0 Å². The molecule has 0 radical (unpaired) electrons. The molecular weight excluding hydrogens is 486 g/mol. The minimum atomic E-state index is -4.31. The van der Waals surface area contributed by atoms with Crippen LogP contribution in [0.3, 0.4) is 0 Å². The van der Waals surface area contributed by atoms with Crippen molar-refractivity contribution >= 4 is 54.8 Å². The van der Waals surface area contributed by atoms with Gasteiger partial charge in [0.05, 0.1) is 21.0 Å². The average Bonchev–Trinajstić information content (AvgIpc) is 2.87. The molecule has 0 amide bonds. The summed E-state index contributed by atoms with van der Waals surface area (Å²) in [5.74, 6) is -0.00725. The first-order valence-electron chi connectivity index (χ1n) is 10.4. The van der Waals surface area contributed by atoms with E-state index in [0.717, 1.165) is 21.9 Å². The molecule has 0 saturated carbocycles. The van der Waals surface area contributed by atoms with E-state index in [2.05, 4.69) is 9.71 Å². The van der Waals surface area contributed by atoms with Crippen molar-refractivity contribution in [3.05, 3.63) is 101 Å². The Morgan fingerprint density at radius 2 is 1.60 bits per heavy atom. The minimum absolute atomic E-state index is 0.00725. The van der Waals surface area contributed by atoms with E-state index < -0.39 is 25.5 Å². The normalized spacial score (nSPS) is 11.5. The van der Waals surface area contributed by atoms with Gasteiger partial charge in [-0.1, -0.05) is 66.4 Å². The molecule has 0 aliphatic carbocycles. The Balaban J connectivity index is 1.64. The number of nitro groups is 1. The molecule has 10 heteroatoms. The fraction of sp³-hybridized carbons (Fsp3) is 0. The third-order valence-electron chi connectivity index (χ3n) is 5.39. The van der Waals surface area contributed by atoms with Gasteiger partial charge in [-0.25, -0.2) is 8.42 Å². The number of aromatic nitrogens is 1. The second-order valence-electron chi connectivity index (χ2n) is 7.58. The molecule has 0 unspecified atom stereocenters. The fourth-order valence-electron chi connectivity index (χ4n) is 3.81. The van der Waals surface area contributed by atoms with Gasteiger partial charge in [-0.05, 0) is 24.3 Å². The summed E-state index contributed by atoms with van der Waals surface area (Å²) in [6.45, 7) is 0. The maximum atomic E-state index is 13.2. The number of benzene rings is 4. The molecule has 0 aliphatic heterocycles. The summed E-state index contributed by atoms with van der Waals surface area (Å²) in [6.07, 6.45) is 1.68. The summed E-state index contributed by atoms with van der Waals surface area (Å²) in [7, 11) is -4.31. The molecule has 4 aromatic carbocycles. The van der Waals surface area contributed by atoms with Gasteiger partial charge in [0.25, 0.3) is 15.7 Å². The number of para-hydroxylation sites is 2. The number of aromatic hydroxyl groups is 1. The third kappa shape index (κ3) is 4.25. The van der Waals surface area contributed by atoms with E-state index in [1.165, 1.54) is 36.0 Å². The topological polar surface area (TPSA) is 122 Å². The van der Waals surface area contributed by atoms with E-state index in [4.69, 9.17) is 0 Å². The fourth-order valence-corrected chi connectivity index (χ4v) is 6.09. The zero-order chi connectivity index (χ0) is 24.6. The van der Waals surface area contributed by atoms with Crippen LogP contribution in [0.25, 0.3) is 21.7 Å². The second-order valence-corrected chi connectivity index (χ2v) is 10.3. The number of phenolic OH excluding ortho intramolecular Hbond substituents is 1. The first-order chi connectivity index (χ1) is 16.8. The van der Waals surface area contributed by atoms with Crippen LogP contribution in [0.5, 0.6) is 5.75 Å². The van der Waals surface area contributed by atoms with Crippen LogP contribution in [0.2, 0.25) is 0 Å². The highest BCUT2D eigenvalue weighted by molar-refractivity contribution is 7.99. The Kier molecular flexibility index (Phi) is 5.75. The minimum Gasteiger partial charge on any atom is -0.506 e. The van der Waals surface area contributed by atoms with Crippen LogP contribution in [0, 0.1) is 10.1 Å². The van der Waals surface area contributed by atoms with E-state index in [-0.39, 0.29) is 11.4 Å². The smallest absolute Gasteiger partial charge is 0.289 e. The highest BCUT2D eigenvalue weighted by atomic mass is 32.2. The Morgan fingerprint density at radius 3 is 2.40 bits per heavy atom. The molecule has 174 valence electrons. The molecule has 0 saturated heterocycles. The Bertz CT molecular complexity index is 1720. The Morgan fingerprint density at radius 1 is 0.886 bits per heavy atom. The Labute approximate surface area is 204 Å². The van der Waals surface area contributed by atoms with Gasteiger partial charge >= 0.3 is 0 Å². The van der Waals surface area contributed by atoms with Crippen molar-refractivity contribution in [2.45, 2.75) is 14.7 Å². The SMILES string of the molecule is O=[N+]([O-])c1ccccc1S(=O)(=O)Nc1cc(Sc2cccc3cccnc23)c(O)c2ccccc12. The molecule has 0 atom stereocenters. The quantitative estimate of drug-likeness (QED) is 0.167. The first kappa shape index (κ1) is 22.6. The van der Waals surface area contributed by atoms with E-state index in [0.29, 0.717) is 15.7 Å². The molecule has 0 aliphatic rings. The number of anilines is 1. The van der Waals surface area contributed by atoms with Gasteiger partial charge in [-0.3, -0.25) is 19.8 Å². The summed E-state index contributed by atoms with van der Waals surface area (Å²) in [5, 5.41) is 24.3. The maximum absolute atomic E-state index is 13.2. The van der Waals surface area contributed by atoms with Gasteiger partial charge in [-0.2, -0.15) is 0 Å². The van der Waals surface area contributed by atoms with Gasteiger partial charge in [0.2, 0.25) is 0 Å². The number of nitrogens with one attached hydrogen (secondary N) is 1. The van der Waals surface area contributed by atoms with Gasteiger partial charge in [-0.15, -0.1) is 0 Å². The van der Waals surface area contributed by atoms with Crippen LogP contribution >= 0.6 is 11.8 Å². The Hall–Kier alpha value is -4.15. The maximum Gasteiger partial charge on any atom is 0.289 e. The van der Waals surface area contributed by atoms with Gasteiger partial charge in [0.1, 0.15) is 5.75 Å². The predicted octanol–water partition coefficient (Wildman–Crippen LogP) is 5.95. The third-order valence-corrected chi connectivity index (χ3v) is 7.89. The summed E-state index contributed by atoms with van der Waals surface area (Å²) >= 11 is 1.25. The molecule has 2 N–H and O–H groups in total. The van der Waals surface area contributed by atoms with Crippen molar-refractivity contribution in [3.63, 3.8) is 0 Å². The predicted molar refractivity (Wildman–Crippen MR) is 135 cm³/mol. The van der Waals surface area contributed by atoms with E-state index in [1.54, 1.807) is 30.5 Å². The molecule has 8 nitrogen and oxygen atoms in total. The monoisotopic (exact) mass is 503 g/mol. The number of pyridine rings is 1. The van der Waals surface area contributed by atoms with E-state index in [1.807, 2.05) is 30.3 Å². The molecule has 0 spiro atoms. The summed E-state index contributed by atoms with van der Waals surface area (Å²) < 4.78 is 28.9. The van der Waals surface area contributed by atoms with Crippen molar-refractivity contribution in [3.8, 4) is 5.75 Å². The van der Waals surface area contributed by atoms with Gasteiger partial charge in [0.15, 0.2) is 4.90 Å². The average molecular weight is 504 g/mol. The lowest BCUT2D eigenvalue weighted by Crippen LogP contribution is -2.15. The van der Waals surface area contributed by atoms with Crippen molar-refractivity contribution in [2.75, 3.05) is 4.72 Å². The number of hydrogen-bond acceptors (Lipinski definition) is 7. The largest absolute Gasteiger partial charge is 0.506 e. The van der Waals surface area contributed by atoms with Crippen molar-refractivity contribution < 1.29 is 18.4 Å². The molecule has 0 bridgehead atoms. The lowest BCUT2D eigenvalue weighted by atomic mass is 10.1. The molecule has 1 aromatic heterocycles. The molecule has 35 heavy (non-hydrogen) atoms. The molecule has 5 rings (SSSR count). The van der Waals surface area contributed by atoms with Crippen LogP contribution in [0.15, 0.2) is 106 Å². The second kappa shape index (κ2) is 8.90. The highest BCUT2D eigenvalue weighted by Gasteiger charge is 2.26. The number of nitrogens with zero attached hydrogens (tertiary/aromatic N) is 2. The lowest BCUT2D eigenvalue weighted by molar-refractivity contribution is -0.387. The molecular formula is C25H17N3O5S2. The lowest BCUT2D eigenvalue weighted by Gasteiger charge is -2.15. The molecule has 1 heterocycles. The molecule has 5 aromatic rings. The van der Waals surface area contributed by atoms with E-state index >= 15 is 0 Å². The van der Waals surface area contributed by atoms with Crippen molar-refractivity contribution in [1.82, 2.24) is 4.98 Å². The van der Waals surface area contributed by atoms with Crippen LogP contribution in [-0.4, -0.2) is 23.4 Å². The standard InChI is InChI=1S/C25H17N3O5S2/c29-25-18-10-2-1-9-17(18)19(27-35(32,33)23-13-4-3-11-20(23)28(30)31)15-22(25)34-21-12-5-7-16-8-6-14-26-24(16)21/h1-15,27,29H. The number of fused-ring (bicyclic) bond motifs is 2. The summed E-state index contributed by atoms with van der Waals surface area (Å²) in [4.78, 5) is 15.8. The highest BCUT2D eigenvalue weighted by Crippen LogP contribution is 2.44. The van der Waals surface area contributed by atoms with E-state index in [9.17, 15) is 23.6 Å². The molecule has 0 fully saturated rings. The zero-order valence-corrected chi connectivity index (χ0v) is 19.6.